The van der Waals surface area contributed by atoms with E-state index in [1.165, 1.54) is 0 Å². The Morgan fingerprint density at radius 3 is 1.05 bits per heavy atom. The lowest BCUT2D eigenvalue weighted by Crippen LogP contribution is -2.50. The van der Waals surface area contributed by atoms with Crippen LogP contribution >= 0.6 is 0 Å². The van der Waals surface area contributed by atoms with E-state index in [4.69, 9.17) is 0 Å². The molecule has 0 bridgehead atoms. The molecular formula is C15H30N4O3. The van der Waals surface area contributed by atoms with Crippen LogP contribution in [0.15, 0.2) is 0 Å². The summed E-state index contributed by atoms with van der Waals surface area (Å²) in [6, 6.07) is 0. The van der Waals surface area contributed by atoms with Crippen LogP contribution in [0.2, 0.25) is 0 Å². The zero-order chi connectivity index (χ0) is 17.3. The van der Waals surface area contributed by atoms with Crippen molar-refractivity contribution in [3.63, 3.8) is 0 Å². The first-order valence-corrected chi connectivity index (χ1v) is 7.70. The monoisotopic (exact) mass is 314 g/mol. The molecule has 0 saturated carbocycles. The van der Waals surface area contributed by atoms with Crippen LogP contribution in [-0.2, 0) is 14.4 Å². The Morgan fingerprint density at radius 2 is 0.864 bits per heavy atom. The number of rotatable bonds is 9. The molecule has 0 fully saturated rings. The van der Waals surface area contributed by atoms with E-state index in [1.807, 2.05) is 0 Å². The van der Waals surface area contributed by atoms with Gasteiger partial charge in [0.25, 0.3) is 0 Å². The highest BCUT2D eigenvalue weighted by Crippen LogP contribution is 1.94. The standard InChI is InChI=1S/C15H30N4O3/c1-10(2)13(20)16-7-19(8-17-14(21)11(3)4)9-18-15(22)12(5)6/h10-12H,7-9H2,1-6H3,(H,16,20)(H,17,21)(H,18,22). The van der Waals surface area contributed by atoms with E-state index >= 15 is 0 Å². The summed E-state index contributed by atoms with van der Waals surface area (Å²) in [5, 5.41) is 8.32. The van der Waals surface area contributed by atoms with E-state index in [1.54, 1.807) is 46.4 Å². The average Bonchev–Trinajstić information content (AvgIpc) is 2.44. The maximum atomic E-state index is 11.6. The zero-order valence-corrected chi connectivity index (χ0v) is 14.5. The molecule has 3 amide bonds. The summed E-state index contributed by atoms with van der Waals surface area (Å²) >= 11 is 0. The molecule has 0 rings (SSSR count). The molecule has 0 heterocycles. The highest BCUT2D eigenvalue weighted by molar-refractivity contribution is 5.78. The Balaban J connectivity index is 4.45. The Bertz CT molecular complexity index is 324. The second-order valence-corrected chi connectivity index (χ2v) is 6.23. The number of amides is 3. The van der Waals surface area contributed by atoms with Crippen molar-refractivity contribution in [1.29, 1.82) is 0 Å². The number of carbonyl (C=O) groups excluding carboxylic acids is 3. The van der Waals surface area contributed by atoms with E-state index in [0.717, 1.165) is 0 Å². The summed E-state index contributed by atoms with van der Waals surface area (Å²) in [6.45, 7) is 11.6. The number of nitrogens with one attached hydrogen (secondary N) is 3. The Kier molecular flexibility index (Phi) is 9.40. The lowest BCUT2D eigenvalue weighted by atomic mass is 10.2. The molecule has 0 aromatic rings. The van der Waals surface area contributed by atoms with Gasteiger partial charge in [-0.3, -0.25) is 19.3 Å². The van der Waals surface area contributed by atoms with Crippen molar-refractivity contribution in [2.24, 2.45) is 17.8 Å². The minimum absolute atomic E-state index is 0.0737. The second kappa shape index (κ2) is 10.2. The average molecular weight is 314 g/mol. The smallest absolute Gasteiger partial charge is 0.223 e. The van der Waals surface area contributed by atoms with Crippen molar-refractivity contribution >= 4 is 17.7 Å². The summed E-state index contributed by atoms with van der Waals surface area (Å²) in [7, 11) is 0. The van der Waals surface area contributed by atoms with E-state index in [0.29, 0.717) is 0 Å². The lowest BCUT2D eigenvalue weighted by Gasteiger charge is -2.24. The summed E-state index contributed by atoms with van der Waals surface area (Å²) in [5.41, 5.74) is 0. The number of carbonyl (C=O) groups is 3. The van der Waals surface area contributed by atoms with Crippen LogP contribution < -0.4 is 16.0 Å². The van der Waals surface area contributed by atoms with Gasteiger partial charge in [-0.15, -0.1) is 0 Å². The molecule has 128 valence electrons. The van der Waals surface area contributed by atoms with Gasteiger partial charge in [0.05, 0.1) is 20.0 Å². The fourth-order valence-electron chi connectivity index (χ4n) is 1.35. The Labute approximate surface area is 133 Å². The minimum atomic E-state index is -0.114. The van der Waals surface area contributed by atoms with Gasteiger partial charge in [-0.05, 0) is 0 Å². The van der Waals surface area contributed by atoms with Gasteiger partial charge in [0, 0.05) is 17.8 Å². The molecule has 0 atom stereocenters. The van der Waals surface area contributed by atoms with Gasteiger partial charge < -0.3 is 16.0 Å². The zero-order valence-electron chi connectivity index (χ0n) is 14.5. The van der Waals surface area contributed by atoms with Gasteiger partial charge in [0.2, 0.25) is 17.7 Å². The lowest BCUT2D eigenvalue weighted by molar-refractivity contribution is -0.125. The SMILES string of the molecule is CC(C)C(=O)NCN(CNC(=O)C(C)C)CNC(=O)C(C)C. The highest BCUT2D eigenvalue weighted by Gasteiger charge is 2.14. The van der Waals surface area contributed by atoms with Crippen LogP contribution in [0.25, 0.3) is 0 Å². The maximum absolute atomic E-state index is 11.6. The summed E-state index contributed by atoms with van der Waals surface area (Å²) in [4.78, 5) is 36.6. The van der Waals surface area contributed by atoms with Crippen molar-refractivity contribution in [1.82, 2.24) is 20.9 Å². The minimum Gasteiger partial charge on any atom is -0.343 e. The summed E-state index contributed by atoms with van der Waals surface area (Å²) < 4.78 is 0. The van der Waals surface area contributed by atoms with Crippen LogP contribution in [-0.4, -0.2) is 42.6 Å². The van der Waals surface area contributed by atoms with Crippen LogP contribution in [0.1, 0.15) is 41.5 Å². The second-order valence-electron chi connectivity index (χ2n) is 6.23. The molecule has 0 aliphatic heterocycles. The largest absolute Gasteiger partial charge is 0.343 e. The molecule has 7 nitrogen and oxygen atoms in total. The predicted molar refractivity (Wildman–Crippen MR) is 85.4 cm³/mol. The topological polar surface area (TPSA) is 90.5 Å². The third-order valence-electron chi connectivity index (χ3n) is 3.00. The molecule has 0 aromatic carbocycles. The first kappa shape index (κ1) is 20.4. The van der Waals surface area contributed by atoms with Gasteiger partial charge in [0.1, 0.15) is 0 Å². The van der Waals surface area contributed by atoms with E-state index in [2.05, 4.69) is 16.0 Å². The molecule has 22 heavy (non-hydrogen) atoms. The molecule has 0 spiro atoms. The molecule has 0 aromatic heterocycles. The molecule has 0 saturated heterocycles. The first-order valence-electron chi connectivity index (χ1n) is 7.70. The van der Waals surface area contributed by atoms with Crippen molar-refractivity contribution in [3.8, 4) is 0 Å². The van der Waals surface area contributed by atoms with Gasteiger partial charge in [-0.25, -0.2) is 0 Å². The molecule has 3 N–H and O–H groups in total. The number of hydrogen-bond acceptors (Lipinski definition) is 4. The predicted octanol–water partition coefficient (Wildman–Crippen LogP) is 0.478. The Morgan fingerprint density at radius 1 is 0.636 bits per heavy atom. The van der Waals surface area contributed by atoms with Crippen molar-refractivity contribution in [2.45, 2.75) is 41.5 Å². The molecule has 0 aliphatic rings. The number of nitrogens with zero attached hydrogens (tertiary/aromatic N) is 1. The third-order valence-corrected chi connectivity index (χ3v) is 3.00. The van der Waals surface area contributed by atoms with E-state index in [-0.39, 0.29) is 55.5 Å². The van der Waals surface area contributed by atoms with Gasteiger partial charge in [-0.2, -0.15) is 0 Å². The van der Waals surface area contributed by atoms with E-state index in [9.17, 15) is 14.4 Å². The van der Waals surface area contributed by atoms with Crippen molar-refractivity contribution in [3.05, 3.63) is 0 Å². The Hall–Kier alpha value is -1.63. The van der Waals surface area contributed by atoms with E-state index < -0.39 is 0 Å². The third kappa shape index (κ3) is 8.61. The van der Waals surface area contributed by atoms with Crippen LogP contribution in [0.3, 0.4) is 0 Å². The number of hydrogen-bond donors (Lipinski definition) is 3. The normalized spacial score (nSPS) is 11.2. The maximum Gasteiger partial charge on any atom is 0.223 e. The van der Waals surface area contributed by atoms with Gasteiger partial charge in [-0.1, -0.05) is 41.5 Å². The molecule has 7 heteroatoms. The van der Waals surface area contributed by atoms with Crippen LogP contribution in [0, 0.1) is 17.8 Å². The molecule has 0 radical (unpaired) electrons. The quantitative estimate of drug-likeness (QED) is 0.540. The van der Waals surface area contributed by atoms with Crippen molar-refractivity contribution < 1.29 is 14.4 Å². The van der Waals surface area contributed by atoms with Gasteiger partial charge in [0.15, 0.2) is 0 Å². The van der Waals surface area contributed by atoms with Crippen LogP contribution in [0.5, 0.6) is 0 Å². The summed E-state index contributed by atoms with van der Waals surface area (Å²) in [6.07, 6.45) is 0. The van der Waals surface area contributed by atoms with Gasteiger partial charge >= 0.3 is 0 Å². The molecule has 0 aliphatic carbocycles. The first-order chi connectivity index (χ1) is 10.1. The fraction of sp³-hybridized carbons (Fsp3) is 0.800. The molecule has 0 unspecified atom stereocenters. The van der Waals surface area contributed by atoms with Crippen molar-refractivity contribution in [2.75, 3.05) is 20.0 Å². The fourth-order valence-corrected chi connectivity index (χ4v) is 1.35. The van der Waals surface area contributed by atoms with Crippen LogP contribution in [0.4, 0.5) is 0 Å². The summed E-state index contributed by atoms with van der Waals surface area (Å²) in [5.74, 6) is -0.562. The molecular weight excluding hydrogens is 284 g/mol. The highest BCUT2D eigenvalue weighted by atomic mass is 16.2.